The van der Waals surface area contributed by atoms with Gasteiger partial charge < -0.3 is 0 Å². The first-order valence-corrected chi connectivity index (χ1v) is 8.69. The van der Waals surface area contributed by atoms with Crippen LogP contribution in [0.4, 0.5) is 0 Å². The third-order valence-corrected chi connectivity index (χ3v) is 7.21. The molecule has 3 aromatic carbocycles. The van der Waals surface area contributed by atoms with Crippen molar-refractivity contribution in [2.75, 3.05) is 0 Å². The van der Waals surface area contributed by atoms with Crippen molar-refractivity contribution in [2.45, 2.75) is 0 Å². The Labute approximate surface area is 141 Å². The fraction of sp³-hybridized carbons (Fsp3) is 0. The molecule has 0 heterocycles. The molecule has 3 aromatic rings. The molecule has 0 fully saturated rings. The average molecular weight is 405 g/mol. The van der Waals surface area contributed by atoms with Crippen molar-refractivity contribution >= 4 is 34.8 Å². The van der Waals surface area contributed by atoms with E-state index in [1.54, 1.807) is 0 Å². The molecule has 21 heavy (non-hydrogen) atoms. The molecule has 0 spiro atoms. The zero-order valence-electron chi connectivity index (χ0n) is 11.6. The van der Waals surface area contributed by atoms with E-state index in [1.165, 1.54) is 12.5 Å². The Hall–Kier alpha value is -0.997. The monoisotopic (exact) mass is 404 g/mol. The molecule has 0 radical (unpaired) electrons. The molecule has 0 aliphatic carbocycles. The van der Waals surface area contributed by atoms with Crippen molar-refractivity contribution in [1.82, 2.24) is 0 Å². The van der Waals surface area contributed by atoms with Crippen LogP contribution >= 0.6 is 22.3 Å². The second-order valence-electron chi connectivity index (χ2n) is 4.06. The zero-order valence-corrected chi connectivity index (χ0v) is 15.5. The summed E-state index contributed by atoms with van der Waals surface area (Å²) in [5.74, 6) is 0. The Morgan fingerprint density at radius 2 is 0.667 bits per heavy atom. The van der Waals surface area contributed by atoms with Crippen LogP contribution < -0.4 is 12.5 Å². The second-order valence-corrected chi connectivity index (χ2v) is 8.13. The van der Waals surface area contributed by atoms with Crippen LogP contribution in [-0.2, 0) is 16.0 Å². The van der Waals surface area contributed by atoms with Crippen LogP contribution in [0.1, 0.15) is 0 Å². The topological polar surface area (TPSA) is 0 Å². The quantitative estimate of drug-likeness (QED) is 0.465. The van der Waals surface area contributed by atoms with Crippen molar-refractivity contribution in [1.29, 1.82) is 0 Å². The first-order chi connectivity index (χ1) is 9.45. The van der Waals surface area contributed by atoms with Crippen LogP contribution in [0.25, 0.3) is 0 Å². The average Bonchev–Trinajstić information content (AvgIpc) is 2.51. The van der Waals surface area contributed by atoms with Gasteiger partial charge in [-0.15, -0.1) is 12.4 Å². The van der Waals surface area contributed by atoms with Gasteiger partial charge in [0.2, 0.25) is 0 Å². The number of benzene rings is 3. The van der Waals surface area contributed by atoms with Crippen molar-refractivity contribution in [3.63, 3.8) is 0 Å². The number of hydrogen-bond donors (Lipinski definition) is 0. The van der Waals surface area contributed by atoms with Gasteiger partial charge in [0.05, 0.1) is 0 Å². The molecule has 1 unspecified atom stereocenters. The van der Waals surface area contributed by atoms with E-state index in [4.69, 9.17) is 0 Å². The van der Waals surface area contributed by atoms with E-state index in [2.05, 4.69) is 91.0 Å². The standard InChI is InChI=1S/3C6H5.ClH.H3P.Rh/c3*1-2-4-6-5-3-1;;;/h3*1-5H;1H;1H3;. The summed E-state index contributed by atoms with van der Waals surface area (Å²) in [7, 11) is 0. The molecular weight excluding hydrogens is 386 g/mol. The van der Waals surface area contributed by atoms with Gasteiger partial charge in [-0.05, 0) is 0 Å². The fourth-order valence-electron chi connectivity index (χ4n) is 1.88. The minimum atomic E-state index is -1.21. The fourth-order valence-corrected chi connectivity index (χ4v) is 6.11. The zero-order chi connectivity index (χ0) is 12.9. The molecule has 112 valence electrons. The summed E-state index contributed by atoms with van der Waals surface area (Å²) in [4.78, 5) is 0. The van der Waals surface area contributed by atoms with Gasteiger partial charge in [-0.25, -0.2) is 0 Å². The third kappa shape index (κ3) is 4.48. The molecule has 3 rings (SSSR count). The molecule has 0 saturated carbocycles. The predicted octanol–water partition coefficient (Wildman–Crippen LogP) is 3.06. The van der Waals surface area contributed by atoms with Crippen LogP contribution in [0.5, 0.6) is 0 Å². The SMILES string of the molecule is Cl.P.c1cc[c]([Rh]([c]2ccccc2)[c]2ccccc2)cc1. The molecule has 0 aromatic heterocycles. The van der Waals surface area contributed by atoms with E-state index in [1.807, 2.05) is 0 Å². The van der Waals surface area contributed by atoms with Crippen molar-refractivity contribution in [3.05, 3.63) is 91.0 Å². The first kappa shape index (κ1) is 18.1. The summed E-state index contributed by atoms with van der Waals surface area (Å²) < 4.78 is 4.39. The van der Waals surface area contributed by atoms with Crippen LogP contribution in [0.15, 0.2) is 91.0 Å². The normalized spacial score (nSPS) is 10.0. The Morgan fingerprint density at radius 1 is 0.429 bits per heavy atom. The summed E-state index contributed by atoms with van der Waals surface area (Å²) in [6, 6.07) is 32.6. The van der Waals surface area contributed by atoms with Crippen molar-refractivity contribution in [2.24, 2.45) is 0 Å². The summed E-state index contributed by atoms with van der Waals surface area (Å²) >= 11 is -1.21. The van der Waals surface area contributed by atoms with Crippen molar-refractivity contribution in [3.8, 4) is 0 Å². The van der Waals surface area contributed by atoms with Crippen LogP contribution in [0.3, 0.4) is 0 Å². The van der Waals surface area contributed by atoms with E-state index in [9.17, 15) is 0 Å². The van der Waals surface area contributed by atoms with Gasteiger partial charge in [-0.1, -0.05) is 0 Å². The Morgan fingerprint density at radius 3 is 0.905 bits per heavy atom. The molecular formula is C18H19ClPRh. The van der Waals surface area contributed by atoms with Gasteiger partial charge in [-0.3, -0.25) is 0 Å². The first-order valence-electron chi connectivity index (χ1n) is 6.23. The van der Waals surface area contributed by atoms with Gasteiger partial charge in [0.15, 0.2) is 0 Å². The maximum atomic E-state index is 2.26. The van der Waals surface area contributed by atoms with Gasteiger partial charge >= 0.3 is 119 Å². The summed E-state index contributed by atoms with van der Waals surface area (Å²) in [6.45, 7) is 0. The molecule has 0 aliphatic rings. The number of halogens is 1. The molecule has 3 heteroatoms. The number of rotatable bonds is 3. The van der Waals surface area contributed by atoms with E-state index in [-0.39, 0.29) is 22.3 Å². The molecule has 0 amide bonds. The molecule has 0 saturated heterocycles. The van der Waals surface area contributed by atoms with Gasteiger partial charge in [0, 0.05) is 0 Å². The van der Waals surface area contributed by atoms with Gasteiger partial charge in [0.1, 0.15) is 0 Å². The summed E-state index contributed by atoms with van der Waals surface area (Å²) in [6.07, 6.45) is 0. The Kier molecular flexibility index (Phi) is 7.83. The Bertz CT molecular complexity index is 535. The Balaban J connectivity index is 0.00000110. The predicted molar refractivity (Wildman–Crippen MR) is 96.6 cm³/mol. The number of hydrogen-bond acceptors (Lipinski definition) is 0. The maximum absolute atomic E-state index is 2.26. The van der Waals surface area contributed by atoms with Crippen LogP contribution in [0, 0.1) is 0 Å². The minimum absolute atomic E-state index is 0. The molecule has 1 atom stereocenters. The van der Waals surface area contributed by atoms with E-state index in [0.29, 0.717) is 0 Å². The van der Waals surface area contributed by atoms with Gasteiger partial charge in [-0.2, -0.15) is 9.90 Å². The molecule has 0 bridgehead atoms. The molecule has 0 N–H and O–H groups in total. The van der Waals surface area contributed by atoms with E-state index < -0.39 is 16.0 Å². The summed E-state index contributed by atoms with van der Waals surface area (Å²) in [5, 5.41) is 0. The van der Waals surface area contributed by atoms with Gasteiger partial charge in [0.25, 0.3) is 0 Å². The second kappa shape index (κ2) is 9.11. The van der Waals surface area contributed by atoms with Crippen LogP contribution in [-0.4, -0.2) is 0 Å². The summed E-state index contributed by atoms with van der Waals surface area (Å²) in [5.41, 5.74) is 0. The van der Waals surface area contributed by atoms with Crippen LogP contribution in [0.2, 0.25) is 0 Å². The molecule has 0 nitrogen and oxygen atoms in total. The van der Waals surface area contributed by atoms with Crippen molar-refractivity contribution < 1.29 is 16.0 Å². The van der Waals surface area contributed by atoms with E-state index in [0.717, 1.165) is 0 Å². The third-order valence-electron chi connectivity index (χ3n) is 2.73. The van der Waals surface area contributed by atoms with E-state index >= 15 is 0 Å². The molecule has 0 aliphatic heterocycles.